The van der Waals surface area contributed by atoms with Gasteiger partial charge < -0.3 is 10.5 Å². The molecule has 0 aliphatic carbocycles. The van der Waals surface area contributed by atoms with Crippen molar-refractivity contribution in [1.82, 2.24) is 4.90 Å². The van der Waals surface area contributed by atoms with Gasteiger partial charge in [0.2, 0.25) is 0 Å². The Kier molecular flexibility index (Phi) is 4.61. The zero-order valence-corrected chi connectivity index (χ0v) is 11.4. The van der Waals surface area contributed by atoms with Crippen LogP contribution in [-0.4, -0.2) is 31.1 Å². The topological polar surface area (TPSA) is 38.5 Å². The molecule has 0 amide bonds. The van der Waals surface area contributed by atoms with Gasteiger partial charge in [-0.25, -0.2) is 0 Å². The van der Waals surface area contributed by atoms with E-state index >= 15 is 0 Å². The maximum absolute atomic E-state index is 6.39. The highest BCUT2D eigenvalue weighted by Crippen LogP contribution is 2.30. The van der Waals surface area contributed by atoms with Crippen molar-refractivity contribution in [3.8, 4) is 5.75 Å². The Labute approximate surface area is 110 Å². The molecular formula is C15H24N2O. The highest BCUT2D eigenvalue weighted by Gasteiger charge is 2.27. The normalized spacial score (nSPS) is 25.7. The molecule has 0 spiro atoms. The first-order valence-corrected chi connectivity index (χ1v) is 6.90. The first-order valence-electron chi connectivity index (χ1n) is 6.90. The van der Waals surface area contributed by atoms with Crippen molar-refractivity contribution in [1.29, 1.82) is 0 Å². The van der Waals surface area contributed by atoms with Gasteiger partial charge in [-0.1, -0.05) is 25.5 Å². The van der Waals surface area contributed by atoms with Gasteiger partial charge in [-0.3, -0.25) is 4.90 Å². The minimum absolute atomic E-state index is 0.222. The lowest BCUT2D eigenvalue weighted by Crippen LogP contribution is -2.39. The maximum Gasteiger partial charge on any atom is 0.119 e. The van der Waals surface area contributed by atoms with Crippen LogP contribution in [0.15, 0.2) is 24.3 Å². The lowest BCUT2D eigenvalue weighted by atomic mass is 9.96. The predicted molar refractivity (Wildman–Crippen MR) is 74.8 cm³/mol. The van der Waals surface area contributed by atoms with E-state index in [1.807, 2.05) is 6.07 Å². The van der Waals surface area contributed by atoms with E-state index in [4.69, 9.17) is 10.5 Å². The van der Waals surface area contributed by atoms with E-state index < -0.39 is 0 Å². The molecule has 1 aliphatic rings. The van der Waals surface area contributed by atoms with Gasteiger partial charge in [-0.2, -0.15) is 0 Å². The number of likely N-dealkylation sites (tertiary alicyclic amines) is 1. The molecule has 2 unspecified atom stereocenters. The lowest BCUT2D eigenvalue weighted by Gasteiger charge is -2.33. The Morgan fingerprint density at radius 2 is 2.22 bits per heavy atom. The second kappa shape index (κ2) is 6.21. The summed E-state index contributed by atoms with van der Waals surface area (Å²) < 4.78 is 5.32. The van der Waals surface area contributed by atoms with Crippen molar-refractivity contribution in [2.45, 2.75) is 38.3 Å². The van der Waals surface area contributed by atoms with Crippen LogP contribution in [0.3, 0.4) is 0 Å². The van der Waals surface area contributed by atoms with Gasteiger partial charge in [0.25, 0.3) is 0 Å². The van der Waals surface area contributed by atoms with E-state index in [0.29, 0.717) is 6.04 Å². The molecule has 1 heterocycles. The van der Waals surface area contributed by atoms with Gasteiger partial charge in [0.15, 0.2) is 0 Å². The fraction of sp³-hybridized carbons (Fsp3) is 0.600. The van der Waals surface area contributed by atoms with Crippen LogP contribution in [0.25, 0.3) is 0 Å². The van der Waals surface area contributed by atoms with E-state index in [2.05, 4.69) is 30.0 Å². The number of rotatable bonds is 3. The third kappa shape index (κ3) is 2.85. The van der Waals surface area contributed by atoms with E-state index in [1.165, 1.54) is 18.4 Å². The number of benzene rings is 1. The monoisotopic (exact) mass is 248 g/mol. The van der Waals surface area contributed by atoms with Crippen LogP contribution in [0.4, 0.5) is 0 Å². The van der Waals surface area contributed by atoms with E-state index in [-0.39, 0.29) is 6.04 Å². The SMILES string of the molecule is CCN1CCCCC(N)C1c1cccc(OC)c1. The van der Waals surface area contributed by atoms with Gasteiger partial charge >= 0.3 is 0 Å². The fourth-order valence-corrected chi connectivity index (χ4v) is 2.90. The van der Waals surface area contributed by atoms with Gasteiger partial charge in [-0.05, 0) is 43.6 Å². The van der Waals surface area contributed by atoms with Gasteiger partial charge in [0.05, 0.1) is 7.11 Å². The molecule has 0 saturated carbocycles. The molecule has 0 bridgehead atoms. The third-order valence-corrected chi connectivity index (χ3v) is 3.87. The van der Waals surface area contributed by atoms with E-state index in [0.717, 1.165) is 25.3 Å². The van der Waals surface area contributed by atoms with Gasteiger partial charge in [-0.15, -0.1) is 0 Å². The summed E-state index contributed by atoms with van der Waals surface area (Å²) in [5, 5.41) is 0. The van der Waals surface area contributed by atoms with Gasteiger partial charge in [0, 0.05) is 12.1 Å². The van der Waals surface area contributed by atoms with Crippen LogP contribution < -0.4 is 10.5 Å². The van der Waals surface area contributed by atoms with Crippen LogP contribution in [-0.2, 0) is 0 Å². The molecule has 1 aromatic carbocycles. The van der Waals surface area contributed by atoms with Crippen LogP contribution in [0.5, 0.6) is 5.75 Å². The molecule has 1 saturated heterocycles. The maximum atomic E-state index is 6.39. The number of hydrogen-bond acceptors (Lipinski definition) is 3. The highest BCUT2D eigenvalue weighted by molar-refractivity contribution is 5.31. The van der Waals surface area contributed by atoms with E-state index in [1.54, 1.807) is 7.11 Å². The smallest absolute Gasteiger partial charge is 0.119 e. The molecule has 3 heteroatoms. The molecule has 1 fully saturated rings. The number of hydrogen-bond donors (Lipinski definition) is 1. The van der Waals surface area contributed by atoms with Crippen molar-refractivity contribution in [2.24, 2.45) is 5.73 Å². The Balaban J connectivity index is 2.30. The lowest BCUT2D eigenvalue weighted by molar-refractivity contribution is 0.195. The summed E-state index contributed by atoms with van der Waals surface area (Å²) in [6.07, 6.45) is 3.60. The van der Waals surface area contributed by atoms with Crippen molar-refractivity contribution >= 4 is 0 Å². The quantitative estimate of drug-likeness (QED) is 0.893. The minimum atomic E-state index is 0.222. The van der Waals surface area contributed by atoms with Crippen molar-refractivity contribution < 1.29 is 4.74 Å². The second-order valence-electron chi connectivity index (χ2n) is 5.01. The second-order valence-corrected chi connectivity index (χ2v) is 5.01. The Bertz CT molecular complexity index is 381. The third-order valence-electron chi connectivity index (χ3n) is 3.87. The van der Waals surface area contributed by atoms with Crippen LogP contribution in [0, 0.1) is 0 Å². The zero-order valence-electron chi connectivity index (χ0n) is 11.4. The molecule has 3 nitrogen and oxygen atoms in total. The van der Waals surface area contributed by atoms with Crippen molar-refractivity contribution in [3.63, 3.8) is 0 Å². The summed E-state index contributed by atoms with van der Waals surface area (Å²) in [6, 6.07) is 8.88. The van der Waals surface area contributed by atoms with Crippen molar-refractivity contribution in [3.05, 3.63) is 29.8 Å². The minimum Gasteiger partial charge on any atom is -0.497 e. The number of nitrogens with zero attached hydrogens (tertiary/aromatic N) is 1. The van der Waals surface area contributed by atoms with E-state index in [9.17, 15) is 0 Å². The molecule has 0 aromatic heterocycles. The summed E-state index contributed by atoms with van der Waals surface area (Å²) in [5.74, 6) is 0.917. The zero-order chi connectivity index (χ0) is 13.0. The largest absolute Gasteiger partial charge is 0.497 e. The Morgan fingerprint density at radius 1 is 1.39 bits per heavy atom. The molecule has 1 aromatic rings. The molecule has 18 heavy (non-hydrogen) atoms. The number of likely N-dealkylation sites (N-methyl/N-ethyl adjacent to an activating group) is 1. The average Bonchev–Trinajstić information content (AvgIpc) is 2.60. The first kappa shape index (κ1) is 13.4. The molecule has 0 radical (unpaired) electrons. The molecule has 2 N–H and O–H groups in total. The van der Waals surface area contributed by atoms with Crippen molar-refractivity contribution in [2.75, 3.05) is 20.2 Å². The Morgan fingerprint density at radius 3 is 2.94 bits per heavy atom. The summed E-state index contributed by atoms with van der Waals surface area (Å²) in [7, 11) is 1.71. The molecule has 2 rings (SSSR count). The summed E-state index contributed by atoms with van der Waals surface area (Å²) in [6.45, 7) is 4.41. The van der Waals surface area contributed by atoms with Crippen LogP contribution in [0.1, 0.15) is 37.8 Å². The van der Waals surface area contributed by atoms with Crippen LogP contribution >= 0.6 is 0 Å². The predicted octanol–water partition coefficient (Wildman–Crippen LogP) is 2.57. The fourth-order valence-electron chi connectivity index (χ4n) is 2.90. The standard InChI is InChI=1S/C15H24N2O/c1-3-17-10-5-4-9-14(16)15(17)12-7-6-8-13(11-12)18-2/h6-8,11,14-15H,3-5,9-10,16H2,1-2H3. The number of methoxy groups -OCH3 is 1. The summed E-state index contributed by atoms with van der Waals surface area (Å²) >= 11 is 0. The molecule has 1 aliphatic heterocycles. The highest BCUT2D eigenvalue weighted by atomic mass is 16.5. The Hall–Kier alpha value is -1.06. The summed E-state index contributed by atoms with van der Waals surface area (Å²) in [5.41, 5.74) is 7.67. The number of nitrogens with two attached hydrogens (primary N) is 1. The van der Waals surface area contributed by atoms with Crippen LogP contribution in [0.2, 0.25) is 0 Å². The summed E-state index contributed by atoms with van der Waals surface area (Å²) in [4.78, 5) is 2.49. The average molecular weight is 248 g/mol. The molecular weight excluding hydrogens is 224 g/mol. The van der Waals surface area contributed by atoms with Gasteiger partial charge in [0.1, 0.15) is 5.75 Å². The number of ether oxygens (including phenoxy) is 1. The first-order chi connectivity index (χ1) is 8.76. The molecule has 2 atom stereocenters. The molecule has 100 valence electrons.